The van der Waals surface area contributed by atoms with E-state index < -0.39 is 0 Å². The van der Waals surface area contributed by atoms with Crippen LogP contribution in [0.15, 0.2) is 41.3 Å². The summed E-state index contributed by atoms with van der Waals surface area (Å²) in [6.45, 7) is 1.62. The van der Waals surface area contributed by atoms with Crippen LogP contribution in [-0.4, -0.2) is 44.8 Å². The summed E-state index contributed by atoms with van der Waals surface area (Å²) in [5, 5.41) is 6.89. The van der Waals surface area contributed by atoms with Crippen LogP contribution in [-0.2, 0) is 11.3 Å². The van der Waals surface area contributed by atoms with E-state index in [1.165, 1.54) is 17.3 Å². The fraction of sp³-hybridized carbons (Fsp3) is 0.375. The molecule has 8 heteroatoms. The molecule has 0 spiro atoms. The Bertz CT molecular complexity index is 795. The van der Waals surface area contributed by atoms with Crippen LogP contribution in [0.2, 0.25) is 0 Å². The van der Waals surface area contributed by atoms with Crippen molar-refractivity contribution < 1.29 is 9.21 Å². The summed E-state index contributed by atoms with van der Waals surface area (Å²) >= 11 is 0. The van der Waals surface area contributed by atoms with Gasteiger partial charge in [0.2, 0.25) is 5.91 Å². The number of rotatable bonds is 5. The predicted molar refractivity (Wildman–Crippen MR) is 87.4 cm³/mol. The maximum absolute atomic E-state index is 12.0. The molecule has 8 nitrogen and oxygen atoms in total. The van der Waals surface area contributed by atoms with E-state index in [1.807, 2.05) is 24.3 Å². The van der Waals surface area contributed by atoms with Crippen LogP contribution >= 0.6 is 0 Å². The van der Waals surface area contributed by atoms with Crippen molar-refractivity contribution in [1.29, 1.82) is 0 Å². The number of nitrogens with one attached hydrogen (secondary N) is 1. The van der Waals surface area contributed by atoms with Crippen molar-refractivity contribution in [2.24, 2.45) is 0 Å². The summed E-state index contributed by atoms with van der Waals surface area (Å²) in [6.07, 6.45) is 5.00. The molecule has 1 aromatic carbocycles. The van der Waals surface area contributed by atoms with Crippen molar-refractivity contribution in [2.45, 2.75) is 25.4 Å². The Morgan fingerprint density at radius 1 is 1.38 bits per heavy atom. The fourth-order valence-electron chi connectivity index (χ4n) is 3.03. The first kappa shape index (κ1) is 14.7. The zero-order valence-electron chi connectivity index (χ0n) is 13.1. The Kier molecular flexibility index (Phi) is 3.86. The molecule has 1 fully saturated rings. The van der Waals surface area contributed by atoms with Gasteiger partial charge in [0.05, 0.1) is 6.04 Å². The highest BCUT2D eigenvalue weighted by atomic mass is 16.4. The van der Waals surface area contributed by atoms with E-state index >= 15 is 0 Å². The molecule has 3 heterocycles. The van der Waals surface area contributed by atoms with Gasteiger partial charge < -0.3 is 14.6 Å². The van der Waals surface area contributed by atoms with E-state index in [2.05, 4.69) is 25.3 Å². The molecule has 2 aromatic heterocycles. The van der Waals surface area contributed by atoms with Gasteiger partial charge in [0.15, 0.2) is 5.58 Å². The van der Waals surface area contributed by atoms with Crippen molar-refractivity contribution in [3.05, 3.63) is 36.9 Å². The van der Waals surface area contributed by atoms with E-state index in [4.69, 9.17) is 4.42 Å². The smallest absolute Gasteiger partial charge is 0.298 e. The molecular formula is C16H18N6O2. The summed E-state index contributed by atoms with van der Waals surface area (Å²) in [6, 6.07) is 8.55. The number of benzene rings is 1. The minimum absolute atomic E-state index is 0.0788. The highest BCUT2D eigenvalue weighted by molar-refractivity contribution is 5.76. The predicted octanol–water partition coefficient (Wildman–Crippen LogP) is 1.20. The average Bonchev–Trinajstić information content (AvgIpc) is 3.32. The fourth-order valence-corrected chi connectivity index (χ4v) is 3.03. The van der Waals surface area contributed by atoms with Crippen LogP contribution in [0, 0.1) is 0 Å². The number of aromatic nitrogens is 4. The second-order valence-electron chi connectivity index (χ2n) is 5.85. The van der Waals surface area contributed by atoms with Gasteiger partial charge in [-0.3, -0.25) is 4.79 Å². The number of hydrogen-bond acceptors (Lipinski definition) is 6. The molecule has 0 bridgehead atoms. The topological polar surface area (TPSA) is 89.1 Å². The molecule has 0 aliphatic carbocycles. The number of anilines is 1. The van der Waals surface area contributed by atoms with Crippen molar-refractivity contribution in [1.82, 2.24) is 25.1 Å². The van der Waals surface area contributed by atoms with Gasteiger partial charge in [0, 0.05) is 13.1 Å². The Morgan fingerprint density at radius 3 is 3.12 bits per heavy atom. The lowest BCUT2D eigenvalue weighted by atomic mass is 10.2. The van der Waals surface area contributed by atoms with Crippen molar-refractivity contribution in [3.63, 3.8) is 0 Å². The number of oxazole rings is 1. The second-order valence-corrected chi connectivity index (χ2v) is 5.85. The van der Waals surface area contributed by atoms with Crippen molar-refractivity contribution in [3.8, 4) is 0 Å². The Labute approximate surface area is 138 Å². The van der Waals surface area contributed by atoms with E-state index in [0.717, 1.165) is 30.5 Å². The number of fused-ring (bicyclic) bond motifs is 1. The molecule has 24 heavy (non-hydrogen) atoms. The number of hydrogen-bond donors (Lipinski definition) is 1. The molecule has 1 saturated heterocycles. The van der Waals surface area contributed by atoms with Crippen molar-refractivity contribution >= 4 is 23.0 Å². The molecule has 1 amide bonds. The van der Waals surface area contributed by atoms with Crippen LogP contribution in [0.1, 0.15) is 12.8 Å². The van der Waals surface area contributed by atoms with Gasteiger partial charge in [0.1, 0.15) is 24.7 Å². The molecule has 1 unspecified atom stereocenters. The molecule has 1 atom stereocenters. The van der Waals surface area contributed by atoms with Gasteiger partial charge in [-0.05, 0) is 25.0 Å². The molecule has 0 radical (unpaired) electrons. The highest BCUT2D eigenvalue weighted by Crippen LogP contribution is 2.27. The van der Waals surface area contributed by atoms with Gasteiger partial charge >= 0.3 is 0 Å². The first-order valence-corrected chi connectivity index (χ1v) is 8.01. The number of nitrogens with zero attached hydrogens (tertiary/aromatic N) is 5. The van der Waals surface area contributed by atoms with Crippen molar-refractivity contribution in [2.75, 3.05) is 18.0 Å². The minimum atomic E-state index is -0.0788. The van der Waals surface area contributed by atoms with Gasteiger partial charge in [0.25, 0.3) is 6.01 Å². The Morgan fingerprint density at radius 2 is 2.29 bits per heavy atom. The van der Waals surface area contributed by atoms with Crippen LogP contribution in [0.3, 0.4) is 0 Å². The summed E-state index contributed by atoms with van der Waals surface area (Å²) in [5.74, 6) is -0.0788. The molecule has 124 valence electrons. The quantitative estimate of drug-likeness (QED) is 0.758. The van der Waals surface area contributed by atoms with E-state index in [1.54, 1.807) is 0 Å². The zero-order valence-corrected chi connectivity index (χ0v) is 13.1. The normalized spacial score (nSPS) is 17.5. The first-order valence-electron chi connectivity index (χ1n) is 8.01. The lowest BCUT2D eigenvalue weighted by Gasteiger charge is -2.23. The third-order valence-electron chi connectivity index (χ3n) is 4.21. The Hall–Kier alpha value is -2.90. The summed E-state index contributed by atoms with van der Waals surface area (Å²) in [7, 11) is 0. The molecule has 1 aliphatic heterocycles. The molecule has 1 aliphatic rings. The molecular weight excluding hydrogens is 308 g/mol. The van der Waals surface area contributed by atoms with Gasteiger partial charge in [-0.1, -0.05) is 12.1 Å². The van der Waals surface area contributed by atoms with E-state index in [0.29, 0.717) is 12.6 Å². The van der Waals surface area contributed by atoms with Crippen LogP contribution < -0.4 is 10.2 Å². The number of amides is 1. The first-order chi connectivity index (χ1) is 11.8. The third-order valence-corrected chi connectivity index (χ3v) is 4.21. The number of carbonyl (C=O) groups excluding carboxylic acids is 1. The van der Waals surface area contributed by atoms with Gasteiger partial charge in [-0.15, -0.1) is 0 Å². The molecule has 0 saturated carbocycles. The second kappa shape index (κ2) is 6.31. The third kappa shape index (κ3) is 2.94. The number of carbonyl (C=O) groups is 1. The molecule has 4 rings (SSSR count). The number of para-hydroxylation sites is 2. The largest absolute Gasteiger partial charge is 0.423 e. The Balaban J connectivity index is 1.40. The van der Waals surface area contributed by atoms with Gasteiger partial charge in [-0.25, -0.2) is 9.67 Å². The maximum Gasteiger partial charge on any atom is 0.298 e. The summed E-state index contributed by atoms with van der Waals surface area (Å²) in [4.78, 5) is 22.5. The summed E-state index contributed by atoms with van der Waals surface area (Å²) in [5.41, 5.74) is 1.64. The standard InChI is InChI=1S/C16H18N6O2/c23-15(9-21-11-17-10-19-21)18-8-12-4-3-7-22(12)16-20-13-5-1-2-6-14(13)24-16/h1-2,5-6,10-12H,3-4,7-9H2,(H,18,23). The minimum Gasteiger partial charge on any atom is -0.423 e. The lowest BCUT2D eigenvalue weighted by Crippen LogP contribution is -2.41. The average molecular weight is 326 g/mol. The SMILES string of the molecule is O=C(Cn1cncn1)NCC1CCCN1c1nc2ccccc2o1. The highest BCUT2D eigenvalue weighted by Gasteiger charge is 2.28. The van der Waals surface area contributed by atoms with Crippen LogP contribution in [0.4, 0.5) is 6.01 Å². The van der Waals surface area contributed by atoms with E-state index in [-0.39, 0.29) is 18.5 Å². The van der Waals surface area contributed by atoms with Crippen LogP contribution in [0.25, 0.3) is 11.1 Å². The van der Waals surface area contributed by atoms with E-state index in [9.17, 15) is 4.79 Å². The molecule has 3 aromatic rings. The molecule has 1 N–H and O–H groups in total. The zero-order chi connectivity index (χ0) is 16.4. The summed E-state index contributed by atoms with van der Waals surface area (Å²) < 4.78 is 7.36. The maximum atomic E-state index is 12.0. The monoisotopic (exact) mass is 326 g/mol. The van der Waals surface area contributed by atoms with Gasteiger partial charge in [-0.2, -0.15) is 10.1 Å². The lowest BCUT2D eigenvalue weighted by molar-refractivity contribution is -0.121. The van der Waals surface area contributed by atoms with Crippen LogP contribution in [0.5, 0.6) is 0 Å².